The smallest absolute Gasteiger partial charge is 0.262 e. The number of ether oxygens (including phenoxy) is 2. The number of anilines is 1. The van der Waals surface area contributed by atoms with Crippen LogP contribution in [0.4, 0.5) is 5.69 Å². The van der Waals surface area contributed by atoms with Crippen molar-refractivity contribution in [3.05, 3.63) is 72.3 Å². The molecular weight excluding hydrogens is 380 g/mol. The van der Waals surface area contributed by atoms with Crippen LogP contribution >= 0.6 is 11.6 Å². The van der Waals surface area contributed by atoms with Gasteiger partial charge in [0.25, 0.3) is 5.91 Å². The lowest BCUT2D eigenvalue weighted by atomic mass is 10.1. The van der Waals surface area contributed by atoms with Gasteiger partial charge in [0, 0.05) is 5.02 Å². The quantitative estimate of drug-likeness (QED) is 0.585. The van der Waals surface area contributed by atoms with E-state index >= 15 is 0 Å². The van der Waals surface area contributed by atoms with Crippen LogP contribution in [0.2, 0.25) is 5.02 Å². The van der Waals surface area contributed by atoms with Gasteiger partial charge < -0.3 is 14.8 Å². The highest BCUT2D eigenvalue weighted by molar-refractivity contribution is 6.31. The zero-order valence-corrected chi connectivity index (χ0v) is 16.0. The molecule has 0 radical (unpaired) electrons. The summed E-state index contributed by atoms with van der Waals surface area (Å²) in [5, 5.41) is 7.35. The maximum atomic E-state index is 12.4. The van der Waals surface area contributed by atoms with Crippen molar-refractivity contribution in [3.63, 3.8) is 0 Å². The van der Waals surface area contributed by atoms with E-state index in [1.54, 1.807) is 37.5 Å². The average molecular weight is 399 g/mol. The number of aromatic nitrogens is 3. The summed E-state index contributed by atoms with van der Waals surface area (Å²) in [6.45, 7) is 3.53. The number of amides is 1. The molecule has 0 saturated carbocycles. The van der Waals surface area contributed by atoms with E-state index in [-0.39, 0.29) is 12.5 Å². The summed E-state index contributed by atoms with van der Waals surface area (Å²) >= 11 is 6.06. The summed E-state index contributed by atoms with van der Waals surface area (Å²) in [4.78, 5) is 16.3. The second-order valence-electron chi connectivity index (χ2n) is 5.82. The second-order valence-corrected chi connectivity index (χ2v) is 6.25. The fraction of sp³-hybridized carbons (Fsp3) is 0.150. The minimum absolute atomic E-state index is 0.194. The Labute approximate surface area is 167 Å². The topological polar surface area (TPSA) is 78.3 Å². The lowest BCUT2D eigenvalue weighted by Crippen LogP contribution is -2.21. The van der Waals surface area contributed by atoms with E-state index in [0.717, 1.165) is 12.0 Å². The summed E-state index contributed by atoms with van der Waals surface area (Å²) in [5.74, 6) is 0.687. The summed E-state index contributed by atoms with van der Waals surface area (Å²) in [6, 6.07) is 10.6. The molecule has 28 heavy (non-hydrogen) atoms. The molecule has 2 aromatic carbocycles. The van der Waals surface area contributed by atoms with Crippen molar-refractivity contribution in [2.24, 2.45) is 0 Å². The molecule has 1 N–H and O–H groups in total. The van der Waals surface area contributed by atoms with Crippen molar-refractivity contribution in [2.45, 2.75) is 6.42 Å². The number of methoxy groups -OCH3 is 1. The molecule has 3 rings (SSSR count). The van der Waals surface area contributed by atoms with Gasteiger partial charge >= 0.3 is 0 Å². The molecule has 0 fully saturated rings. The highest BCUT2D eigenvalue weighted by Gasteiger charge is 2.12. The van der Waals surface area contributed by atoms with Crippen LogP contribution in [0.3, 0.4) is 0 Å². The fourth-order valence-corrected chi connectivity index (χ4v) is 2.77. The van der Waals surface area contributed by atoms with Gasteiger partial charge in [-0.2, -0.15) is 5.10 Å². The Balaban J connectivity index is 1.70. The molecule has 144 valence electrons. The van der Waals surface area contributed by atoms with Gasteiger partial charge in [-0.3, -0.25) is 4.79 Å². The van der Waals surface area contributed by atoms with Crippen LogP contribution in [-0.4, -0.2) is 34.4 Å². The number of hydrogen-bond donors (Lipinski definition) is 1. The molecule has 0 saturated heterocycles. The van der Waals surface area contributed by atoms with E-state index in [9.17, 15) is 4.79 Å². The number of carbonyl (C=O) groups excluding carboxylic acids is 1. The molecule has 0 spiro atoms. The Morgan fingerprint density at radius 3 is 2.86 bits per heavy atom. The number of halogens is 1. The first-order valence-corrected chi connectivity index (χ1v) is 8.83. The molecule has 8 heteroatoms. The van der Waals surface area contributed by atoms with Crippen molar-refractivity contribution in [2.75, 3.05) is 19.0 Å². The summed E-state index contributed by atoms with van der Waals surface area (Å²) in [6.07, 6.45) is 5.47. The largest absolute Gasteiger partial charge is 0.493 e. The van der Waals surface area contributed by atoms with Gasteiger partial charge in [-0.05, 0) is 42.3 Å². The Hall–Kier alpha value is -3.32. The standard InChI is InChI=1S/C20H19ClN4O3/c1-3-4-14-5-8-18(19(9-14)27-2)28-11-20(26)24-16-10-15(21)6-7-17(16)25-13-22-12-23-25/h3,5-10,12-13H,1,4,11H2,2H3,(H,24,26). The van der Waals surface area contributed by atoms with E-state index in [0.29, 0.717) is 27.9 Å². The maximum absolute atomic E-state index is 12.4. The zero-order chi connectivity index (χ0) is 19.9. The Kier molecular flexibility index (Phi) is 6.29. The first-order valence-electron chi connectivity index (χ1n) is 8.45. The lowest BCUT2D eigenvalue weighted by Gasteiger charge is -2.14. The second kappa shape index (κ2) is 9.05. The fourth-order valence-electron chi connectivity index (χ4n) is 2.60. The Morgan fingerprint density at radius 2 is 2.14 bits per heavy atom. The molecule has 1 amide bonds. The van der Waals surface area contributed by atoms with Gasteiger partial charge in [0.15, 0.2) is 18.1 Å². The first kappa shape index (κ1) is 19.4. The van der Waals surface area contributed by atoms with E-state index in [1.807, 2.05) is 12.1 Å². The highest BCUT2D eigenvalue weighted by Crippen LogP contribution is 2.29. The van der Waals surface area contributed by atoms with Gasteiger partial charge in [0.2, 0.25) is 0 Å². The molecule has 0 atom stereocenters. The zero-order valence-electron chi connectivity index (χ0n) is 15.3. The molecule has 3 aromatic rings. The third-order valence-electron chi connectivity index (χ3n) is 3.87. The Bertz CT molecular complexity index is 974. The van der Waals surface area contributed by atoms with Crippen LogP contribution in [0.5, 0.6) is 11.5 Å². The summed E-state index contributed by atoms with van der Waals surface area (Å²) < 4.78 is 12.5. The maximum Gasteiger partial charge on any atom is 0.262 e. The molecule has 1 aromatic heterocycles. The van der Waals surface area contributed by atoms with Crippen molar-refractivity contribution in [3.8, 4) is 17.2 Å². The highest BCUT2D eigenvalue weighted by atomic mass is 35.5. The molecule has 0 aliphatic carbocycles. The Morgan fingerprint density at radius 1 is 1.29 bits per heavy atom. The van der Waals surface area contributed by atoms with Gasteiger partial charge in [-0.1, -0.05) is 23.7 Å². The number of allylic oxidation sites excluding steroid dienone is 1. The molecule has 7 nitrogen and oxygen atoms in total. The van der Waals surface area contributed by atoms with Gasteiger partial charge in [0.1, 0.15) is 12.7 Å². The third kappa shape index (κ3) is 4.69. The SMILES string of the molecule is C=CCc1ccc(OCC(=O)Nc2cc(Cl)ccc2-n2cncn2)c(OC)c1. The van der Waals surface area contributed by atoms with Crippen LogP contribution in [0.15, 0.2) is 61.7 Å². The van der Waals surface area contributed by atoms with Crippen molar-refractivity contribution in [1.82, 2.24) is 14.8 Å². The van der Waals surface area contributed by atoms with Gasteiger partial charge in [0.05, 0.1) is 18.5 Å². The van der Waals surface area contributed by atoms with Crippen LogP contribution in [-0.2, 0) is 11.2 Å². The molecule has 0 bridgehead atoms. The first-order chi connectivity index (χ1) is 13.6. The molecule has 0 unspecified atom stereocenters. The normalized spacial score (nSPS) is 10.4. The number of carbonyl (C=O) groups is 1. The monoisotopic (exact) mass is 398 g/mol. The molecule has 0 aliphatic heterocycles. The van der Waals surface area contributed by atoms with E-state index in [2.05, 4.69) is 22.0 Å². The molecule has 0 aliphatic rings. The number of hydrogen-bond acceptors (Lipinski definition) is 5. The minimum Gasteiger partial charge on any atom is -0.493 e. The molecular formula is C20H19ClN4O3. The van der Waals surface area contributed by atoms with E-state index in [4.69, 9.17) is 21.1 Å². The third-order valence-corrected chi connectivity index (χ3v) is 4.10. The summed E-state index contributed by atoms with van der Waals surface area (Å²) in [7, 11) is 1.55. The van der Waals surface area contributed by atoms with Crippen molar-refractivity contribution >= 4 is 23.2 Å². The molecule has 1 heterocycles. The van der Waals surface area contributed by atoms with Crippen LogP contribution in [0.25, 0.3) is 5.69 Å². The van der Waals surface area contributed by atoms with Gasteiger partial charge in [-0.15, -0.1) is 6.58 Å². The number of nitrogens with zero attached hydrogens (tertiary/aromatic N) is 3. The van der Waals surface area contributed by atoms with E-state index < -0.39 is 0 Å². The van der Waals surface area contributed by atoms with E-state index in [1.165, 1.54) is 17.3 Å². The average Bonchev–Trinajstić information content (AvgIpc) is 3.21. The predicted octanol–water partition coefficient (Wildman–Crippen LogP) is 3.68. The minimum atomic E-state index is -0.346. The number of benzene rings is 2. The van der Waals surface area contributed by atoms with Crippen molar-refractivity contribution in [1.29, 1.82) is 0 Å². The van der Waals surface area contributed by atoms with Crippen LogP contribution < -0.4 is 14.8 Å². The van der Waals surface area contributed by atoms with Crippen LogP contribution in [0.1, 0.15) is 5.56 Å². The summed E-state index contributed by atoms with van der Waals surface area (Å²) in [5.41, 5.74) is 2.18. The predicted molar refractivity (Wildman–Crippen MR) is 107 cm³/mol. The van der Waals surface area contributed by atoms with Gasteiger partial charge in [-0.25, -0.2) is 9.67 Å². The number of nitrogens with one attached hydrogen (secondary N) is 1. The van der Waals surface area contributed by atoms with Crippen molar-refractivity contribution < 1.29 is 14.3 Å². The number of rotatable bonds is 8. The van der Waals surface area contributed by atoms with Crippen LogP contribution in [0, 0.1) is 0 Å². The lowest BCUT2D eigenvalue weighted by molar-refractivity contribution is -0.118.